The van der Waals surface area contributed by atoms with Crippen LogP contribution in [-0.2, 0) is 6.40 Å². The van der Waals surface area contributed by atoms with E-state index in [4.69, 9.17) is 6.11 Å². The van der Waals surface area contributed by atoms with Gasteiger partial charge in [0.15, 0.2) is 0 Å². The van der Waals surface area contributed by atoms with Crippen molar-refractivity contribution in [3.05, 3.63) is 60.2 Å². The number of hydrogen-bond acceptors (Lipinski definition) is 1. The fourth-order valence-electron chi connectivity index (χ4n) is 1.35. The lowest BCUT2D eigenvalue weighted by molar-refractivity contribution is 0.482. The van der Waals surface area contributed by atoms with Crippen molar-refractivity contribution in [3.63, 3.8) is 0 Å². The maximum absolute atomic E-state index is 7.57. The van der Waals surface area contributed by atoms with Crippen molar-refractivity contribution in [2.24, 2.45) is 0 Å². The minimum absolute atomic E-state index is 0.189. The molecule has 1 unspecified atom stereocenters. The monoisotopic (exact) mass is 199 g/mol. The average molecular weight is 199 g/mol. The molecule has 0 amide bonds. The van der Waals surface area contributed by atoms with E-state index in [0.717, 1.165) is 17.1 Å². The third-order valence-corrected chi connectivity index (χ3v) is 2.19. The van der Waals surface area contributed by atoms with E-state index in [1.54, 1.807) is 0 Å². The molecule has 0 radical (unpaired) electrons. The average Bonchev–Trinajstić information content (AvgIpc) is 2.31. The fraction of sp³-hybridized carbons (Fsp3) is 0.143. The predicted octanol–water partition coefficient (Wildman–Crippen LogP) is 4.04. The van der Waals surface area contributed by atoms with Gasteiger partial charge in [0.1, 0.15) is 11.5 Å². The van der Waals surface area contributed by atoms with Gasteiger partial charge < -0.3 is 4.74 Å². The van der Waals surface area contributed by atoms with E-state index >= 15 is 0 Å². The van der Waals surface area contributed by atoms with Crippen LogP contribution in [0, 0.1) is 0 Å². The van der Waals surface area contributed by atoms with Gasteiger partial charge >= 0.3 is 0 Å². The zero-order valence-electron chi connectivity index (χ0n) is 9.68. The molecule has 0 aliphatic carbocycles. The van der Waals surface area contributed by atoms with Crippen molar-refractivity contribution in [1.29, 1.82) is 0 Å². The van der Waals surface area contributed by atoms with Crippen molar-refractivity contribution < 1.29 is 6.11 Å². The quantitative estimate of drug-likeness (QED) is 0.724. The first-order valence-electron chi connectivity index (χ1n) is 5.58. The Labute approximate surface area is 91.7 Å². The smallest absolute Gasteiger partial charge is 0.127 e. The molecule has 0 aliphatic heterocycles. The maximum Gasteiger partial charge on any atom is 0.127 e. The van der Waals surface area contributed by atoms with Gasteiger partial charge in [-0.2, -0.15) is 0 Å². The zero-order valence-corrected chi connectivity index (χ0v) is 8.68. The lowest BCUT2D eigenvalue weighted by Crippen LogP contribution is -1.84. The summed E-state index contributed by atoms with van der Waals surface area (Å²) < 4.78 is 13.2. The Bertz CT molecular complexity index is 434. The first-order valence-corrected chi connectivity index (χ1v) is 5.01. The summed E-state index contributed by atoms with van der Waals surface area (Å²) in [4.78, 5) is 0. The number of ether oxygens (including phenoxy) is 1. The van der Waals surface area contributed by atoms with Gasteiger partial charge in [0.2, 0.25) is 0 Å². The molecule has 0 N–H and O–H groups in total. The van der Waals surface area contributed by atoms with Crippen LogP contribution in [0.3, 0.4) is 0 Å². The van der Waals surface area contributed by atoms with Crippen LogP contribution in [0.1, 0.15) is 13.9 Å². The molecule has 0 aliphatic rings. The van der Waals surface area contributed by atoms with Crippen LogP contribution in [0.4, 0.5) is 0 Å². The minimum Gasteiger partial charge on any atom is -0.457 e. The van der Waals surface area contributed by atoms with Crippen LogP contribution in [0.5, 0.6) is 11.5 Å². The molecule has 0 heterocycles. The molecule has 76 valence electrons. The molecule has 2 aromatic rings. The normalized spacial score (nSPS) is 13.0. The molecule has 0 saturated heterocycles. The van der Waals surface area contributed by atoms with Crippen molar-refractivity contribution in [1.82, 2.24) is 0 Å². The zero-order chi connectivity index (χ0) is 11.4. The molecule has 2 rings (SSSR count). The summed E-state index contributed by atoms with van der Waals surface area (Å²) in [6, 6.07) is 17.3. The second-order valence-corrected chi connectivity index (χ2v) is 3.27. The summed E-state index contributed by atoms with van der Waals surface area (Å²) in [5, 5.41) is 0. The predicted molar refractivity (Wildman–Crippen MR) is 62.3 cm³/mol. The Morgan fingerprint density at radius 2 is 1.53 bits per heavy atom. The van der Waals surface area contributed by atoms with Crippen LogP contribution in [0.2, 0.25) is 0 Å². The first-order chi connectivity index (χ1) is 7.75. The molecule has 0 saturated carbocycles. The van der Waals surface area contributed by atoms with Crippen molar-refractivity contribution in [3.8, 4) is 11.5 Å². The molecular formula is C14H14O. The minimum atomic E-state index is -0.189. The van der Waals surface area contributed by atoms with Crippen LogP contribution < -0.4 is 4.74 Å². The number of rotatable bonds is 3. The Hall–Kier alpha value is -1.76. The first kappa shape index (κ1) is 8.54. The third-order valence-electron chi connectivity index (χ3n) is 2.19. The van der Waals surface area contributed by atoms with E-state index < -0.39 is 0 Å². The Morgan fingerprint density at radius 1 is 0.933 bits per heavy atom. The highest BCUT2D eigenvalue weighted by Gasteiger charge is 1.95. The van der Waals surface area contributed by atoms with Gasteiger partial charge in [-0.1, -0.05) is 37.3 Å². The highest BCUT2D eigenvalue weighted by molar-refractivity contribution is 5.32. The number of hydrogen-bond donors (Lipinski definition) is 0. The van der Waals surface area contributed by atoms with Crippen LogP contribution in [0.25, 0.3) is 0 Å². The lowest BCUT2D eigenvalue weighted by atomic mass is 10.2. The van der Waals surface area contributed by atoms with Gasteiger partial charge in [-0.25, -0.2) is 0 Å². The molecular weight excluding hydrogens is 184 g/mol. The summed E-state index contributed by atoms with van der Waals surface area (Å²) in [6.07, 6.45) is -0.189. The Morgan fingerprint density at radius 3 is 2.13 bits per heavy atom. The van der Waals surface area contributed by atoms with E-state index in [0.29, 0.717) is 0 Å². The van der Waals surface area contributed by atoms with E-state index in [1.165, 1.54) is 0 Å². The van der Waals surface area contributed by atoms with Crippen molar-refractivity contribution in [2.75, 3.05) is 0 Å². The molecule has 1 atom stereocenters. The van der Waals surface area contributed by atoms with Crippen LogP contribution in [0.15, 0.2) is 54.6 Å². The summed E-state index contributed by atoms with van der Waals surface area (Å²) in [5.74, 6) is 1.63. The Balaban J connectivity index is 2.11. The summed E-state index contributed by atoms with van der Waals surface area (Å²) in [7, 11) is 0. The van der Waals surface area contributed by atoms with Crippen molar-refractivity contribution >= 4 is 0 Å². The van der Waals surface area contributed by atoms with E-state index in [1.807, 2.05) is 61.5 Å². The van der Waals surface area contributed by atoms with E-state index in [-0.39, 0.29) is 6.40 Å². The molecule has 0 spiro atoms. The third kappa shape index (κ3) is 2.59. The molecule has 0 bridgehead atoms. The van der Waals surface area contributed by atoms with E-state index in [9.17, 15) is 0 Å². The summed E-state index contributed by atoms with van der Waals surface area (Å²) >= 11 is 0. The molecule has 2 aromatic carbocycles. The number of aryl methyl sites for hydroxylation is 1. The highest BCUT2D eigenvalue weighted by atomic mass is 16.5. The van der Waals surface area contributed by atoms with Crippen LogP contribution in [-0.4, -0.2) is 0 Å². The highest BCUT2D eigenvalue weighted by Crippen LogP contribution is 2.20. The molecule has 15 heavy (non-hydrogen) atoms. The number of para-hydroxylation sites is 1. The molecule has 1 nitrogen and oxygen atoms in total. The van der Waals surface area contributed by atoms with Crippen LogP contribution >= 0.6 is 0 Å². The SMILES string of the molecule is [2H]C(C)c1ccc(Oc2ccccc2)cc1. The van der Waals surface area contributed by atoms with Gasteiger partial charge in [0.05, 0.1) is 0 Å². The standard InChI is InChI=1S/C14H14O/c1-2-12-8-10-14(11-9-12)15-13-6-4-3-5-7-13/h3-11H,2H2,1H3/i2D. The van der Waals surface area contributed by atoms with Gasteiger partial charge in [-0.3, -0.25) is 0 Å². The maximum atomic E-state index is 7.57. The second-order valence-electron chi connectivity index (χ2n) is 3.27. The molecule has 0 aromatic heterocycles. The largest absolute Gasteiger partial charge is 0.457 e. The van der Waals surface area contributed by atoms with E-state index in [2.05, 4.69) is 0 Å². The van der Waals surface area contributed by atoms with Gasteiger partial charge in [-0.05, 0) is 36.2 Å². The van der Waals surface area contributed by atoms with Gasteiger partial charge in [0, 0.05) is 1.37 Å². The van der Waals surface area contributed by atoms with Gasteiger partial charge in [0.25, 0.3) is 0 Å². The second kappa shape index (κ2) is 4.65. The fourth-order valence-corrected chi connectivity index (χ4v) is 1.35. The number of benzene rings is 2. The Kier molecular flexibility index (Phi) is 2.65. The summed E-state index contributed by atoms with van der Waals surface area (Å²) in [6.45, 7) is 1.85. The van der Waals surface area contributed by atoms with Crippen molar-refractivity contribution in [2.45, 2.75) is 13.3 Å². The topological polar surface area (TPSA) is 9.23 Å². The lowest BCUT2D eigenvalue weighted by Gasteiger charge is -2.05. The molecule has 0 fully saturated rings. The molecule has 1 heteroatoms. The summed E-state index contributed by atoms with van der Waals surface area (Å²) in [5.41, 5.74) is 1.00. The van der Waals surface area contributed by atoms with Gasteiger partial charge in [-0.15, -0.1) is 0 Å².